The molecular formula is C5H11NOSi. The molecule has 8 heavy (non-hydrogen) atoms. The van der Waals surface area contributed by atoms with E-state index in [9.17, 15) is 0 Å². The molecule has 0 saturated heterocycles. The molecule has 0 spiro atoms. The minimum Gasteiger partial charge on any atom is -0.435 e. The number of hydrogen-bond donors (Lipinski definition) is 1. The van der Waals surface area contributed by atoms with E-state index in [1.54, 1.807) is 0 Å². The quantitative estimate of drug-likeness (QED) is 0.551. The Morgan fingerprint density at radius 2 is 2.38 bits per heavy atom. The van der Waals surface area contributed by atoms with E-state index in [1.165, 1.54) is 0 Å². The maximum absolute atomic E-state index is 8.84. The predicted molar refractivity (Wildman–Crippen MR) is 34.8 cm³/mol. The highest BCUT2D eigenvalue weighted by molar-refractivity contribution is 6.48. The first-order valence-corrected chi connectivity index (χ1v) is 5.23. The molecule has 0 saturated carbocycles. The summed E-state index contributed by atoms with van der Waals surface area (Å²) in [5.74, 6) is 0.0432. The van der Waals surface area contributed by atoms with Crippen LogP contribution in [0.25, 0.3) is 0 Å². The molecule has 1 N–H and O–H groups in total. The van der Waals surface area contributed by atoms with E-state index < -0.39 is 9.04 Å². The Labute approximate surface area is 51.5 Å². The number of nitrogens with zero attached hydrogens (tertiary/aromatic N) is 1. The first-order chi connectivity index (χ1) is 3.66. The fourth-order valence-electron chi connectivity index (χ4n) is 0.564. The molecule has 2 nitrogen and oxygen atoms in total. The third-order valence-corrected chi connectivity index (χ3v) is 2.30. The standard InChI is InChI=1S/C5H11NOSi/c1-5(3-6)4-8(2)7/h5,7-8H,4H2,1-2H3. The molecule has 0 heterocycles. The maximum atomic E-state index is 8.84. The molecule has 0 bridgehead atoms. The molecule has 2 unspecified atom stereocenters. The SMILES string of the molecule is CC(C#N)C[SiH](C)O. The van der Waals surface area contributed by atoms with Crippen LogP contribution in [0.2, 0.25) is 12.6 Å². The maximum Gasteiger partial charge on any atom is 0.170 e. The third kappa shape index (κ3) is 3.84. The lowest BCUT2D eigenvalue weighted by atomic mass is 10.3. The molecule has 3 heteroatoms. The summed E-state index contributed by atoms with van der Waals surface area (Å²) in [6.07, 6.45) is 0. The summed E-state index contributed by atoms with van der Waals surface area (Å²) < 4.78 is 0. The first kappa shape index (κ1) is 7.67. The van der Waals surface area contributed by atoms with Gasteiger partial charge in [-0.1, -0.05) is 0 Å². The minimum absolute atomic E-state index is 0.0432. The summed E-state index contributed by atoms with van der Waals surface area (Å²) in [6, 6.07) is 2.79. The molecule has 0 rings (SSSR count). The second-order valence-corrected chi connectivity index (χ2v) is 4.28. The van der Waals surface area contributed by atoms with E-state index >= 15 is 0 Å². The van der Waals surface area contributed by atoms with Crippen molar-refractivity contribution in [3.8, 4) is 6.07 Å². The van der Waals surface area contributed by atoms with E-state index in [2.05, 4.69) is 6.07 Å². The van der Waals surface area contributed by atoms with Gasteiger partial charge in [-0.3, -0.25) is 0 Å². The predicted octanol–water partition coefficient (Wildman–Crippen LogP) is 0.492. The van der Waals surface area contributed by atoms with Crippen LogP contribution >= 0.6 is 0 Å². The largest absolute Gasteiger partial charge is 0.435 e. The molecule has 2 atom stereocenters. The summed E-state index contributed by atoms with van der Waals surface area (Å²) >= 11 is 0. The van der Waals surface area contributed by atoms with Gasteiger partial charge in [0.05, 0.1) is 6.07 Å². The van der Waals surface area contributed by atoms with Gasteiger partial charge in [0.2, 0.25) is 0 Å². The van der Waals surface area contributed by atoms with Crippen molar-refractivity contribution in [1.29, 1.82) is 5.26 Å². The van der Waals surface area contributed by atoms with Gasteiger partial charge >= 0.3 is 0 Å². The Balaban J connectivity index is 3.28. The molecule has 0 amide bonds. The highest BCUT2D eigenvalue weighted by atomic mass is 28.3. The normalized spacial score (nSPS) is 16.8. The monoisotopic (exact) mass is 129 g/mol. The van der Waals surface area contributed by atoms with Crippen LogP contribution in [0.1, 0.15) is 6.92 Å². The Kier molecular flexibility index (Phi) is 3.49. The van der Waals surface area contributed by atoms with Gasteiger partial charge < -0.3 is 4.80 Å². The van der Waals surface area contributed by atoms with Gasteiger partial charge in [0.1, 0.15) is 0 Å². The van der Waals surface area contributed by atoms with Crippen molar-refractivity contribution in [3.63, 3.8) is 0 Å². The molecule has 0 aliphatic heterocycles. The van der Waals surface area contributed by atoms with E-state index in [-0.39, 0.29) is 5.92 Å². The number of rotatable bonds is 2. The Morgan fingerprint density at radius 1 is 1.88 bits per heavy atom. The Bertz CT molecular complexity index is 97.1. The van der Waals surface area contributed by atoms with Crippen LogP contribution in [0.4, 0.5) is 0 Å². The van der Waals surface area contributed by atoms with Gasteiger partial charge in [-0.25, -0.2) is 0 Å². The van der Waals surface area contributed by atoms with E-state index in [0.717, 1.165) is 6.04 Å². The van der Waals surface area contributed by atoms with Crippen LogP contribution in [-0.4, -0.2) is 13.8 Å². The first-order valence-electron chi connectivity index (χ1n) is 2.74. The summed E-state index contributed by atoms with van der Waals surface area (Å²) in [6.45, 7) is 3.66. The molecule has 0 radical (unpaired) electrons. The molecule has 0 aromatic rings. The van der Waals surface area contributed by atoms with Crippen LogP contribution in [0.3, 0.4) is 0 Å². The van der Waals surface area contributed by atoms with Gasteiger partial charge in [-0.05, 0) is 19.5 Å². The fourth-order valence-corrected chi connectivity index (χ4v) is 1.69. The molecule has 0 aliphatic rings. The molecule has 0 aromatic carbocycles. The van der Waals surface area contributed by atoms with Crippen molar-refractivity contribution < 1.29 is 4.80 Å². The highest BCUT2D eigenvalue weighted by Crippen LogP contribution is 2.01. The fraction of sp³-hybridized carbons (Fsp3) is 0.800. The van der Waals surface area contributed by atoms with Crippen LogP contribution in [0, 0.1) is 17.2 Å². The lowest BCUT2D eigenvalue weighted by Gasteiger charge is -2.00. The lowest BCUT2D eigenvalue weighted by Crippen LogP contribution is -2.08. The van der Waals surface area contributed by atoms with Crippen LogP contribution in [0.5, 0.6) is 0 Å². The van der Waals surface area contributed by atoms with Gasteiger partial charge in [-0.15, -0.1) is 0 Å². The second-order valence-electron chi connectivity index (χ2n) is 2.11. The Morgan fingerprint density at radius 3 is 2.50 bits per heavy atom. The van der Waals surface area contributed by atoms with Crippen LogP contribution < -0.4 is 0 Å². The van der Waals surface area contributed by atoms with Gasteiger partial charge in [0.25, 0.3) is 0 Å². The topological polar surface area (TPSA) is 44.0 Å². The van der Waals surface area contributed by atoms with Crippen molar-refractivity contribution in [2.45, 2.75) is 19.5 Å². The van der Waals surface area contributed by atoms with Crippen molar-refractivity contribution in [3.05, 3.63) is 0 Å². The third-order valence-electron chi connectivity index (χ3n) is 0.915. The van der Waals surface area contributed by atoms with Gasteiger partial charge in [0.15, 0.2) is 9.04 Å². The zero-order chi connectivity index (χ0) is 6.57. The molecule has 0 aliphatic carbocycles. The summed E-state index contributed by atoms with van der Waals surface area (Å²) in [5.41, 5.74) is 0. The van der Waals surface area contributed by atoms with Crippen molar-refractivity contribution >= 4 is 9.04 Å². The number of nitriles is 1. The van der Waals surface area contributed by atoms with Crippen molar-refractivity contribution in [1.82, 2.24) is 0 Å². The van der Waals surface area contributed by atoms with E-state index in [4.69, 9.17) is 10.1 Å². The van der Waals surface area contributed by atoms with Gasteiger partial charge in [-0.2, -0.15) is 5.26 Å². The van der Waals surface area contributed by atoms with Crippen LogP contribution in [-0.2, 0) is 0 Å². The van der Waals surface area contributed by atoms with Crippen LogP contribution in [0.15, 0.2) is 0 Å². The molecule has 46 valence electrons. The Hall–Kier alpha value is -0.333. The molecule has 0 aromatic heterocycles. The molecular weight excluding hydrogens is 118 g/mol. The second kappa shape index (κ2) is 3.64. The van der Waals surface area contributed by atoms with Crippen molar-refractivity contribution in [2.75, 3.05) is 0 Å². The lowest BCUT2D eigenvalue weighted by molar-refractivity contribution is 0.565. The summed E-state index contributed by atoms with van der Waals surface area (Å²) in [5, 5.41) is 8.24. The summed E-state index contributed by atoms with van der Waals surface area (Å²) in [4.78, 5) is 8.84. The average molecular weight is 129 g/mol. The van der Waals surface area contributed by atoms with E-state index in [1.807, 2.05) is 13.5 Å². The summed E-state index contributed by atoms with van der Waals surface area (Å²) in [7, 11) is -1.47. The zero-order valence-corrected chi connectivity index (χ0v) is 6.41. The van der Waals surface area contributed by atoms with Crippen molar-refractivity contribution in [2.24, 2.45) is 5.92 Å². The minimum atomic E-state index is -1.47. The smallest absolute Gasteiger partial charge is 0.170 e. The highest BCUT2D eigenvalue weighted by Gasteiger charge is 2.04. The average Bonchev–Trinajstić information content (AvgIpc) is 1.65. The van der Waals surface area contributed by atoms with Gasteiger partial charge in [0, 0.05) is 5.92 Å². The zero-order valence-electron chi connectivity index (χ0n) is 5.26. The number of hydrogen-bond acceptors (Lipinski definition) is 2. The van der Waals surface area contributed by atoms with E-state index in [0.29, 0.717) is 0 Å². The molecule has 0 fully saturated rings.